The van der Waals surface area contributed by atoms with Crippen LogP contribution in [0.4, 0.5) is 0 Å². The smallest absolute Gasteiger partial charge is 0.225 e. The van der Waals surface area contributed by atoms with Crippen molar-refractivity contribution in [2.75, 3.05) is 20.1 Å². The van der Waals surface area contributed by atoms with Gasteiger partial charge in [-0.1, -0.05) is 58.0 Å². The van der Waals surface area contributed by atoms with Gasteiger partial charge in [-0.15, -0.1) is 0 Å². The minimum Gasteiger partial charge on any atom is -0.369 e. The van der Waals surface area contributed by atoms with E-state index in [1.165, 1.54) is 12.5 Å². The summed E-state index contributed by atoms with van der Waals surface area (Å²) >= 11 is 0. The minimum absolute atomic E-state index is 0.0706. The third kappa shape index (κ3) is 11.4. The first-order valence-electron chi connectivity index (χ1n) is 13.9. The monoisotopic (exact) mass is 523 g/mol. The van der Waals surface area contributed by atoms with Crippen LogP contribution < -0.4 is 17.2 Å². The van der Waals surface area contributed by atoms with Crippen LogP contribution in [0.2, 0.25) is 0 Å². The molecule has 0 aliphatic heterocycles. The third-order valence-electron chi connectivity index (χ3n) is 7.60. The summed E-state index contributed by atoms with van der Waals surface area (Å²) in [4.78, 5) is 15.3. The average Bonchev–Trinajstić information content (AvgIpc) is 2.84. The summed E-state index contributed by atoms with van der Waals surface area (Å²) in [6.07, 6.45) is 3.57. The molecule has 0 aromatic heterocycles. The van der Waals surface area contributed by atoms with Crippen molar-refractivity contribution in [2.24, 2.45) is 29.0 Å². The van der Waals surface area contributed by atoms with Gasteiger partial charge in [-0.3, -0.25) is 14.6 Å². The molecule has 1 aromatic rings. The summed E-state index contributed by atoms with van der Waals surface area (Å²) in [5, 5.41) is 18.0. The first-order valence-corrected chi connectivity index (χ1v) is 13.9. The molecule has 216 valence electrons. The van der Waals surface area contributed by atoms with Crippen molar-refractivity contribution in [2.45, 2.75) is 111 Å². The Bertz CT molecular complexity index is 757. The Morgan fingerprint density at radius 1 is 1.19 bits per heavy atom. The predicted molar refractivity (Wildman–Crippen MR) is 155 cm³/mol. The summed E-state index contributed by atoms with van der Waals surface area (Å²) in [6, 6.07) is 11.6. The highest BCUT2D eigenvalue weighted by Gasteiger charge is 2.48. The molecule has 0 heterocycles. The van der Waals surface area contributed by atoms with E-state index >= 15 is 0 Å². The summed E-state index contributed by atoms with van der Waals surface area (Å²) in [5.74, 6) is -2.91. The van der Waals surface area contributed by atoms with Crippen molar-refractivity contribution in [3.63, 3.8) is 0 Å². The molecule has 1 aliphatic rings. The van der Waals surface area contributed by atoms with Crippen LogP contribution in [0.25, 0.3) is 0 Å². The van der Waals surface area contributed by atoms with Crippen LogP contribution >= 0.6 is 0 Å². The molecule has 37 heavy (non-hydrogen) atoms. The number of benzene rings is 1. The first kappa shape index (κ1) is 35.5. The molecule has 1 amide bonds. The van der Waals surface area contributed by atoms with Crippen molar-refractivity contribution in [3.05, 3.63) is 35.9 Å². The van der Waals surface area contributed by atoms with Gasteiger partial charge >= 0.3 is 0 Å². The first-order chi connectivity index (χ1) is 17.1. The summed E-state index contributed by atoms with van der Waals surface area (Å²) < 4.78 is 0. The molecule has 1 aliphatic carbocycles. The summed E-state index contributed by atoms with van der Waals surface area (Å²) in [7, 11) is 2.11. The van der Waals surface area contributed by atoms with E-state index in [1.54, 1.807) is 6.92 Å². The molecule has 0 bridgehead atoms. The summed E-state index contributed by atoms with van der Waals surface area (Å²) in [6.45, 7) is 17.9. The van der Waals surface area contributed by atoms with Crippen molar-refractivity contribution < 1.29 is 15.0 Å². The fourth-order valence-corrected chi connectivity index (χ4v) is 5.07. The second-order valence-electron chi connectivity index (χ2n) is 10.8. The van der Waals surface area contributed by atoms with E-state index in [4.69, 9.17) is 27.4 Å². The van der Waals surface area contributed by atoms with Gasteiger partial charge in [0.05, 0.1) is 12.1 Å². The van der Waals surface area contributed by atoms with Crippen LogP contribution in [-0.4, -0.2) is 75.6 Å². The number of rotatable bonds is 12. The Hall–Kier alpha value is -1.55. The number of likely N-dealkylation sites (N-methyl/N-ethyl adjacent to an activating group) is 1. The highest BCUT2D eigenvalue weighted by Crippen LogP contribution is 2.39. The summed E-state index contributed by atoms with van der Waals surface area (Å²) in [5.41, 5.74) is 18.8. The highest BCUT2D eigenvalue weighted by atomic mass is 16.5. The molecule has 0 radical (unpaired) electrons. The van der Waals surface area contributed by atoms with Crippen molar-refractivity contribution in [3.8, 4) is 0 Å². The van der Waals surface area contributed by atoms with Crippen molar-refractivity contribution in [1.29, 1.82) is 0 Å². The number of hydrogen-bond donors (Lipinski definition) is 5. The van der Waals surface area contributed by atoms with E-state index in [0.29, 0.717) is 18.0 Å². The number of amides is 1. The fourth-order valence-electron chi connectivity index (χ4n) is 5.07. The van der Waals surface area contributed by atoms with E-state index < -0.39 is 17.6 Å². The SMILES string of the molecule is CC.CC1CC(C)(N)C1N(CCCc1ccccc1)CC(C)N(C)C(C)N.CCC(O)(O)C(C)C(N)=O. The van der Waals surface area contributed by atoms with Gasteiger partial charge in [-0.2, -0.15) is 0 Å². The van der Waals surface area contributed by atoms with Gasteiger partial charge in [0.2, 0.25) is 5.91 Å². The van der Waals surface area contributed by atoms with Crippen LogP contribution in [0.3, 0.4) is 0 Å². The van der Waals surface area contributed by atoms with Crippen LogP contribution in [-0.2, 0) is 11.2 Å². The Balaban J connectivity index is 0.000000910. The number of nitrogens with zero attached hydrogens (tertiary/aromatic N) is 2. The van der Waals surface area contributed by atoms with E-state index in [9.17, 15) is 4.79 Å². The lowest BCUT2D eigenvalue weighted by atomic mass is 9.65. The quantitative estimate of drug-likeness (QED) is 0.265. The number of hydrogen-bond acceptors (Lipinski definition) is 7. The van der Waals surface area contributed by atoms with E-state index in [1.807, 2.05) is 13.8 Å². The van der Waals surface area contributed by atoms with Gasteiger partial charge in [-0.05, 0) is 78.5 Å². The van der Waals surface area contributed by atoms with E-state index in [0.717, 1.165) is 32.4 Å². The lowest BCUT2D eigenvalue weighted by Crippen LogP contribution is -2.69. The molecular formula is C29H57N5O3. The molecule has 6 unspecified atom stereocenters. The predicted octanol–water partition coefficient (Wildman–Crippen LogP) is 2.90. The topological polar surface area (TPSA) is 142 Å². The lowest BCUT2D eigenvalue weighted by Gasteiger charge is -2.56. The molecule has 8 heteroatoms. The molecule has 1 aromatic carbocycles. The molecule has 0 spiro atoms. The minimum atomic E-state index is -1.95. The highest BCUT2D eigenvalue weighted by molar-refractivity contribution is 5.77. The maximum Gasteiger partial charge on any atom is 0.225 e. The average molecular weight is 524 g/mol. The molecule has 2 rings (SSSR count). The maximum absolute atomic E-state index is 10.4. The van der Waals surface area contributed by atoms with Gasteiger partial charge in [0.1, 0.15) is 0 Å². The zero-order valence-corrected chi connectivity index (χ0v) is 24.9. The standard InChI is InChI=1S/C21H38N4.C6H13NO3.C2H6/c1-16-14-21(4,23)20(16)25(15-17(2)24(5)18(3)22)13-9-12-19-10-7-6-8-11-19;1-3-6(9,10)4(2)5(7)8;1-2/h6-8,10-11,16-18,20H,9,12-15,22-23H2,1-5H3;4,9-10H,3H2,1-2H3,(H2,7,8);1-2H3. The zero-order chi connectivity index (χ0) is 29.0. The van der Waals surface area contributed by atoms with Crippen LogP contribution in [0, 0.1) is 11.8 Å². The zero-order valence-electron chi connectivity index (χ0n) is 24.9. The molecule has 0 saturated heterocycles. The van der Waals surface area contributed by atoms with E-state index in [-0.39, 0.29) is 18.1 Å². The largest absolute Gasteiger partial charge is 0.369 e. The Morgan fingerprint density at radius 3 is 2.11 bits per heavy atom. The van der Waals surface area contributed by atoms with E-state index in [2.05, 4.69) is 74.9 Å². The normalized spacial score (nSPS) is 23.6. The van der Waals surface area contributed by atoms with Crippen LogP contribution in [0.15, 0.2) is 30.3 Å². The Kier molecular flexibility index (Phi) is 15.7. The fraction of sp³-hybridized carbons (Fsp3) is 0.759. The second-order valence-corrected chi connectivity index (χ2v) is 10.8. The number of nitrogens with two attached hydrogens (primary N) is 3. The van der Waals surface area contributed by atoms with Gasteiger partial charge in [0, 0.05) is 24.2 Å². The molecule has 1 saturated carbocycles. The Labute approximate surface area is 226 Å². The van der Waals surface area contributed by atoms with Gasteiger partial charge in [0.15, 0.2) is 5.79 Å². The number of aliphatic hydroxyl groups is 2. The molecule has 8 N–H and O–H groups in total. The van der Waals surface area contributed by atoms with Gasteiger partial charge < -0.3 is 27.4 Å². The second kappa shape index (κ2) is 16.4. The number of carbonyl (C=O) groups is 1. The third-order valence-corrected chi connectivity index (χ3v) is 7.60. The Morgan fingerprint density at radius 2 is 1.73 bits per heavy atom. The molecule has 6 atom stereocenters. The van der Waals surface area contributed by atoms with Crippen molar-refractivity contribution in [1.82, 2.24) is 9.80 Å². The number of primary amides is 1. The number of aryl methyl sites for hydroxylation is 1. The van der Waals surface area contributed by atoms with Gasteiger partial charge in [0.25, 0.3) is 0 Å². The molecular weight excluding hydrogens is 466 g/mol. The van der Waals surface area contributed by atoms with Crippen molar-refractivity contribution >= 4 is 5.91 Å². The molecule has 8 nitrogen and oxygen atoms in total. The number of carbonyl (C=O) groups excluding carboxylic acids is 1. The van der Waals surface area contributed by atoms with Crippen LogP contribution in [0.5, 0.6) is 0 Å². The van der Waals surface area contributed by atoms with Gasteiger partial charge in [-0.25, -0.2) is 0 Å². The lowest BCUT2D eigenvalue weighted by molar-refractivity contribution is -0.198. The molecule has 1 fully saturated rings. The van der Waals surface area contributed by atoms with Crippen LogP contribution in [0.1, 0.15) is 80.2 Å². The maximum atomic E-state index is 10.4.